The lowest BCUT2D eigenvalue weighted by molar-refractivity contribution is -0.154. The van der Waals surface area contributed by atoms with E-state index in [0.29, 0.717) is 38.6 Å². The van der Waals surface area contributed by atoms with Crippen LogP contribution < -0.4 is 10.1 Å². The normalized spacial score (nSPS) is 22.1. The molecule has 1 aliphatic heterocycles. The third-order valence-corrected chi connectivity index (χ3v) is 4.15. The zero-order valence-electron chi connectivity index (χ0n) is 20.1. The molecule has 2 unspecified atom stereocenters. The molecule has 1 fully saturated rings. The molecule has 0 radical (unpaired) electrons. The van der Waals surface area contributed by atoms with Crippen molar-refractivity contribution in [3.05, 3.63) is 30.3 Å². The van der Waals surface area contributed by atoms with Crippen LogP contribution in [-0.2, 0) is 19.0 Å². The van der Waals surface area contributed by atoms with Crippen LogP contribution in [0.15, 0.2) is 30.3 Å². The topological polar surface area (TPSA) is 103 Å². The van der Waals surface area contributed by atoms with Crippen LogP contribution in [0, 0.1) is 5.92 Å². The monoisotopic (exact) mass is 453 g/mol. The van der Waals surface area contributed by atoms with Crippen LogP contribution in [0.2, 0.25) is 0 Å². The summed E-state index contributed by atoms with van der Waals surface area (Å²) in [4.78, 5) is 24.4. The number of aliphatic hydroxyl groups is 1. The van der Waals surface area contributed by atoms with E-state index < -0.39 is 23.7 Å². The van der Waals surface area contributed by atoms with E-state index in [2.05, 4.69) is 5.32 Å². The second-order valence-electron chi connectivity index (χ2n) is 9.17. The van der Waals surface area contributed by atoms with Crippen LogP contribution in [0.5, 0.6) is 5.75 Å². The summed E-state index contributed by atoms with van der Waals surface area (Å²) in [5.41, 5.74) is -0.643. The van der Waals surface area contributed by atoms with Gasteiger partial charge in [0.15, 0.2) is 0 Å². The Balaban J connectivity index is 0.000000920. The average molecular weight is 454 g/mol. The Labute approximate surface area is 191 Å². The highest BCUT2D eigenvalue weighted by molar-refractivity contribution is 5.81. The molecule has 0 saturated carbocycles. The number of nitrogens with one attached hydrogen (secondary N) is 1. The van der Waals surface area contributed by atoms with Crippen molar-refractivity contribution in [3.8, 4) is 5.75 Å². The van der Waals surface area contributed by atoms with Crippen LogP contribution in [0.3, 0.4) is 0 Å². The molecular formula is C24H39NO7. The first-order valence-electron chi connectivity index (χ1n) is 11.1. The first-order chi connectivity index (χ1) is 15.0. The number of benzene rings is 1. The molecule has 32 heavy (non-hydrogen) atoms. The molecular weight excluding hydrogens is 414 g/mol. The van der Waals surface area contributed by atoms with Crippen molar-refractivity contribution >= 4 is 12.1 Å². The van der Waals surface area contributed by atoms with Gasteiger partial charge < -0.3 is 29.4 Å². The minimum Gasteiger partial charge on any atom is -0.488 e. The summed E-state index contributed by atoms with van der Waals surface area (Å²) in [5.74, 6) is 0.679. The molecule has 0 aromatic heterocycles. The second-order valence-corrected chi connectivity index (χ2v) is 9.17. The SMILES string of the molecule is CC(C)CO.CC1CC(Oc2ccccc2)COCC[C@H](NC(=O)OC(C)(C)C)C(=O)O1. The third kappa shape index (κ3) is 12.5. The maximum atomic E-state index is 12.4. The van der Waals surface area contributed by atoms with Crippen LogP contribution >= 0.6 is 0 Å². The predicted octanol–water partition coefficient (Wildman–Crippen LogP) is 3.70. The number of carbonyl (C=O) groups excluding carboxylic acids is 2. The van der Waals surface area contributed by atoms with E-state index >= 15 is 0 Å². The van der Waals surface area contributed by atoms with Crippen molar-refractivity contribution < 1.29 is 33.6 Å². The standard InChI is InChI=1S/C20H29NO6.C4H10O/c1-14-12-16(26-15-8-6-5-7-9-15)13-24-11-10-17(18(22)25-14)21-19(23)27-20(2,3)4;1-4(2)3-5/h5-9,14,16-17H,10-13H2,1-4H3,(H,21,23);4-5H,3H2,1-2H3/t14?,16?,17-;/m0./s1. The van der Waals surface area contributed by atoms with Gasteiger partial charge in [0.05, 0.1) is 6.61 Å². The number of hydrogen-bond acceptors (Lipinski definition) is 7. The molecule has 8 nitrogen and oxygen atoms in total. The zero-order chi connectivity index (χ0) is 24.1. The third-order valence-electron chi connectivity index (χ3n) is 4.15. The first kappa shape index (κ1) is 27.7. The highest BCUT2D eigenvalue weighted by Crippen LogP contribution is 2.17. The van der Waals surface area contributed by atoms with Gasteiger partial charge in [0.1, 0.15) is 29.6 Å². The zero-order valence-corrected chi connectivity index (χ0v) is 20.1. The number of cyclic esters (lactones) is 1. The number of ether oxygens (including phenoxy) is 4. The summed E-state index contributed by atoms with van der Waals surface area (Å²) < 4.78 is 22.3. The van der Waals surface area contributed by atoms with Crippen molar-refractivity contribution in [2.24, 2.45) is 5.92 Å². The van der Waals surface area contributed by atoms with Gasteiger partial charge in [0.2, 0.25) is 0 Å². The molecule has 1 aromatic rings. The Kier molecular flexibility index (Phi) is 12.1. The number of hydrogen-bond donors (Lipinski definition) is 2. The average Bonchev–Trinajstić information content (AvgIpc) is 2.69. The van der Waals surface area contributed by atoms with Crippen LogP contribution in [-0.4, -0.2) is 60.8 Å². The van der Waals surface area contributed by atoms with Gasteiger partial charge in [0.25, 0.3) is 0 Å². The fourth-order valence-corrected chi connectivity index (χ4v) is 2.66. The number of aliphatic hydroxyl groups excluding tert-OH is 1. The van der Waals surface area contributed by atoms with Gasteiger partial charge in [-0.15, -0.1) is 0 Å². The number of esters is 1. The van der Waals surface area contributed by atoms with Crippen molar-refractivity contribution in [3.63, 3.8) is 0 Å². The lowest BCUT2D eigenvalue weighted by atomic mass is 10.1. The second kappa shape index (κ2) is 14.0. The molecule has 3 atom stereocenters. The van der Waals surface area contributed by atoms with Gasteiger partial charge in [-0.2, -0.15) is 0 Å². The maximum absolute atomic E-state index is 12.4. The van der Waals surface area contributed by atoms with E-state index in [-0.39, 0.29) is 12.2 Å². The van der Waals surface area contributed by atoms with Gasteiger partial charge in [-0.25, -0.2) is 9.59 Å². The maximum Gasteiger partial charge on any atom is 0.408 e. The lowest BCUT2D eigenvalue weighted by Gasteiger charge is -2.27. The van der Waals surface area contributed by atoms with Crippen molar-refractivity contribution in [2.45, 2.75) is 78.2 Å². The fourth-order valence-electron chi connectivity index (χ4n) is 2.66. The molecule has 1 aromatic carbocycles. The highest BCUT2D eigenvalue weighted by atomic mass is 16.6. The molecule has 0 aliphatic carbocycles. The van der Waals surface area contributed by atoms with Crippen LogP contribution in [0.25, 0.3) is 0 Å². The smallest absolute Gasteiger partial charge is 0.408 e. The lowest BCUT2D eigenvalue weighted by Crippen LogP contribution is -2.46. The Bertz CT molecular complexity index is 673. The Morgan fingerprint density at radius 2 is 1.88 bits per heavy atom. The molecule has 1 amide bonds. The van der Waals surface area contributed by atoms with E-state index in [4.69, 9.17) is 24.1 Å². The molecule has 0 bridgehead atoms. The van der Waals surface area contributed by atoms with Crippen LogP contribution in [0.1, 0.15) is 54.4 Å². The molecule has 1 heterocycles. The summed E-state index contributed by atoms with van der Waals surface area (Å²) in [6, 6.07) is 8.64. The largest absolute Gasteiger partial charge is 0.488 e. The summed E-state index contributed by atoms with van der Waals surface area (Å²) >= 11 is 0. The Hall–Kier alpha value is -2.32. The van der Waals surface area contributed by atoms with E-state index in [9.17, 15) is 9.59 Å². The molecule has 1 aliphatic rings. The van der Waals surface area contributed by atoms with E-state index in [1.54, 1.807) is 27.7 Å². The van der Waals surface area contributed by atoms with Gasteiger partial charge >= 0.3 is 12.1 Å². The Morgan fingerprint density at radius 1 is 1.25 bits per heavy atom. The Morgan fingerprint density at radius 3 is 2.44 bits per heavy atom. The molecule has 2 N–H and O–H groups in total. The minimum absolute atomic E-state index is 0.231. The van der Waals surface area contributed by atoms with E-state index in [0.717, 1.165) is 5.75 Å². The number of amides is 1. The van der Waals surface area contributed by atoms with Gasteiger partial charge in [-0.05, 0) is 45.7 Å². The summed E-state index contributed by atoms with van der Waals surface area (Å²) in [6.45, 7) is 12.0. The summed E-state index contributed by atoms with van der Waals surface area (Å²) in [6.07, 6.45) is -0.483. The molecule has 182 valence electrons. The highest BCUT2D eigenvalue weighted by Gasteiger charge is 2.29. The summed E-state index contributed by atoms with van der Waals surface area (Å²) in [7, 11) is 0. The molecule has 1 saturated heterocycles. The number of rotatable bonds is 4. The molecule has 0 spiro atoms. The van der Waals surface area contributed by atoms with E-state index in [1.807, 2.05) is 44.2 Å². The van der Waals surface area contributed by atoms with Crippen molar-refractivity contribution in [1.82, 2.24) is 5.32 Å². The quantitative estimate of drug-likeness (QED) is 0.670. The molecule has 2 rings (SSSR count). The van der Waals surface area contributed by atoms with Crippen LogP contribution in [0.4, 0.5) is 4.79 Å². The minimum atomic E-state index is -0.811. The van der Waals surface area contributed by atoms with Gasteiger partial charge in [0, 0.05) is 26.1 Å². The summed E-state index contributed by atoms with van der Waals surface area (Å²) in [5, 5.41) is 10.7. The predicted molar refractivity (Wildman–Crippen MR) is 122 cm³/mol. The first-order valence-corrected chi connectivity index (χ1v) is 11.1. The van der Waals surface area contributed by atoms with Crippen molar-refractivity contribution in [2.75, 3.05) is 19.8 Å². The number of carbonyl (C=O) groups is 2. The van der Waals surface area contributed by atoms with E-state index in [1.165, 1.54) is 0 Å². The molecule has 8 heteroatoms. The van der Waals surface area contributed by atoms with Gasteiger partial charge in [-0.1, -0.05) is 32.0 Å². The van der Waals surface area contributed by atoms with Gasteiger partial charge in [-0.3, -0.25) is 0 Å². The fraction of sp³-hybridized carbons (Fsp3) is 0.667. The number of alkyl carbamates (subject to hydrolysis) is 1. The number of para-hydroxylation sites is 1. The van der Waals surface area contributed by atoms with Crippen molar-refractivity contribution in [1.29, 1.82) is 0 Å².